The van der Waals surface area contributed by atoms with Crippen molar-refractivity contribution in [3.05, 3.63) is 35.6 Å². The predicted molar refractivity (Wildman–Crippen MR) is 84.9 cm³/mol. The summed E-state index contributed by atoms with van der Waals surface area (Å²) >= 11 is 0. The van der Waals surface area contributed by atoms with Crippen molar-refractivity contribution in [1.82, 2.24) is 10.2 Å². The monoisotopic (exact) mass is 336 g/mol. The maximum atomic E-state index is 12.9. The van der Waals surface area contributed by atoms with Crippen LogP contribution in [0.25, 0.3) is 0 Å². The average Bonchev–Trinajstić information content (AvgIpc) is 2.58. The number of aliphatic carboxylic acids is 1. The Morgan fingerprint density at radius 2 is 1.96 bits per heavy atom. The van der Waals surface area contributed by atoms with E-state index >= 15 is 0 Å². The number of halogens is 1. The second-order valence-electron chi connectivity index (χ2n) is 5.89. The number of hydrogen-bond donors (Lipinski definition) is 2. The van der Waals surface area contributed by atoms with Crippen molar-refractivity contribution in [3.8, 4) is 0 Å². The van der Waals surface area contributed by atoms with Crippen LogP contribution in [-0.4, -0.2) is 47.4 Å². The molecule has 7 heteroatoms. The zero-order valence-corrected chi connectivity index (χ0v) is 13.3. The zero-order chi connectivity index (χ0) is 17.5. The van der Waals surface area contributed by atoms with Crippen LogP contribution in [-0.2, 0) is 9.59 Å². The minimum Gasteiger partial charge on any atom is -0.481 e. The molecule has 1 aromatic carbocycles. The molecule has 1 aromatic rings. The number of hydrogen-bond acceptors (Lipinski definition) is 3. The van der Waals surface area contributed by atoms with E-state index in [9.17, 15) is 18.8 Å². The van der Waals surface area contributed by atoms with Gasteiger partial charge in [0.1, 0.15) is 5.82 Å². The highest BCUT2D eigenvalue weighted by molar-refractivity contribution is 5.94. The third-order valence-corrected chi connectivity index (χ3v) is 4.04. The zero-order valence-electron chi connectivity index (χ0n) is 13.3. The molecule has 0 aromatic heterocycles. The molecule has 1 unspecified atom stereocenters. The summed E-state index contributed by atoms with van der Waals surface area (Å²) in [4.78, 5) is 36.6. The van der Waals surface area contributed by atoms with Gasteiger partial charge < -0.3 is 15.3 Å². The molecule has 1 fully saturated rings. The summed E-state index contributed by atoms with van der Waals surface area (Å²) in [5, 5.41) is 11.3. The van der Waals surface area contributed by atoms with Crippen LogP contribution in [0, 0.1) is 11.7 Å². The molecule has 130 valence electrons. The van der Waals surface area contributed by atoms with E-state index in [0.717, 1.165) is 6.42 Å². The van der Waals surface area contributed by atoms with Gasteiger partial charge in [-0.2, -0.15) is 0 Å². The number of likely N-dealkylation sites (tertiary alicyclic amines) is 1. The summed E-state index contributed by atoms with van der Waals surface area (Å²) in [6.07, 6.45) is 1.81. The Bertz CT molecular complexity index is 603. The molecule has 0 aliphatic carbocycles. The van der Waals surface area contributed by atoms with Gasteiger partial charge in [-0.3, -0.25) is 14.4 Å². The lowest BCUT2D eigenvalue weighted by molar-refractivity contribution is -0.137. The van der Waals surface area contributed by atoms with E-state index in [-0.39, 0.29) is 24.2 Å². The van der Waals surface area contributed by atoms with Crippen LogP contribution in [0.15, 0.2) is 24.3 Å². The van der Waals surface area contributed by atoms with Gasteiger partial charge in [-0.25, -0.2) is 4.39 Å². The minimum absolute atomic E-state index is 0.0140. The predicted octanol–water partition coefficient (Wildman–Crippen LogP) is 1.66. The van der Waals surface area contributed by atoms with Gasteiger partial charge in [-0.05, 0) is 43.5 Å². The Hall–Kier alpha value is -2.44. The molecule has 0 radical (unpaired) electrons. The molecule has 24 heavy (non-hydrogen) atoms. The number of amides is 2. The van der Waals surface area contributed by atoms with Crippen LogP contribution in [0.1, 0.15) is 36.0 Å². The molecule has 1 aliphatic heterocycles. The first-order valence-electron chi connectivity index (χ1n) is 8.01. The fraction of sp³-hybridized carbons (Fsp3) is 0.471. The Morgan fingerprint density at radius 1 is 1.25 bits per heavy atom. The number of nitrogens with zero attached hydrogens (tertiary/aromatic N) is 1. The first-order valence-corrected chi connectivity index (χ1v) is 8.01. The van der Waals surface area contributed by atoms with Gasteiger partial charge >= 0.3 is 5.97 Å². The minimum atomic E-state index is -0.891. The fourth-order valence-corrected chi connectivity index (χ4v) is 2.75. The smallest absolute Gasteiger partial charge is 0.303 e. The lowest BCUT2D eigenvalue weighted by Gasteiger charge is -2.32. The van der Waals surface area contributed by atoms with E-state index in [2.05, 4.69) is 5.32 Å². The largest absolute Gasteiger partial charge is 0.481 e. The second kappa shape index (κ2) is 8.42. The van der Waals surface area contributed by atoms with Gasteiger partial charge in [0, 0.05) is 31.6 Å². The molecule has 1 aliphatic rings. The Labute approximate surface area is 139 Å². The number of piperidine rings is 1. The number of carbonyl (C=O) groups is 3. The molecule has 6 nitrogen and oxygen atoms in total. The molecular weight excluding hydrogens is 315 g/mol. The fourth-order valence-electron chi connectivity index (χ4n) is 2.75. The maximum absolute atomic E-state index is 12.9. The summed E-state index contributed by atoms with van der Waals surface area (Å²) in [7, 11) is 0. The van der Waals surface area contributed by atoms with E-state index in [1.54, 1.807) is 4.90 Å². The Kier molecular flexibility index (Phi) is 6.28. The van der Waals surface area contributed by atoms with E-state index in [1.165, 1.54) is 24.3 Å². The third-order valence-electron chi connectivity index (χ3n) is 4.04. The van der Waals surface area contributed by atoms with Gasteiger partial charge in [0.15, 0.2) is 0 Å². The lowest BCUT2D eigenvalue weighted by atomic mass is 9.96. The molecule has 2 amide bonds. The van der Waals surface area contributed by atoms with Gasteiger partial charge in [0.2, 0.25) is 5.91 Å². The Morgan fingerprint density at radius 3 is 2.62 bits per heavy atom. The SMILES string of the molecule is O=C(O)CCCNC(=O)C1CCCN(C(=O)c2ccc(F)cc2)C1. The first kappa shape index (κ1) is 17.9. The molecule has 2 N–H and O–H groups in total. The van der Waals surface area contributed by atoms with Crippen molar-refractivity contribution < 1.29 is 23.9 Å². The third kappa shape index (κ3) is 5.04. The van der Waals surface area contributed by atoms with Gasteiger partial charge in [-0.15, -0.1) is 0 Å². The summed E-state index contributed by atoms with van der Waals surface area (Å²) in [5.74, 6) is -1.95. The van der Waals surface area contributed by atoms with E-state index in [1.807, 2.05) is 0 Å². The molecular formula is C17H21FN2O4. The highest BCUT2D eigenvalue weighted by Crippen LogP contribution is 2.19. The van der Waals surface area contributed by atoms with Gasteiger partial charge in [-0.1, -0.05) is 0 Å². The summed E-state index contributed by atoms with van der Waals surface area (Å²) < 4.78 is 12.9. The second-order valence-corrected chi connectivity index (χ2v) is 5.89. The topological polar surface area (TPSA) is 86.7 Å². The normalized spacial score (nSPS) is 17.4. The van der Waals surface area contributed by atoms with Gasteiger partial charge in [0.25, 0.3) is 5.91 Å². The highest BCUT2D eigenvalue weighted by Gasteiger charge is 2.28. The molecule has 0 bridgehead atoms. The number of carboxylic acids is 1. The highest BCUT2D eigenvalue weighted by atomic mass is 19.1. The number of carboxylic acid groups (broad SMARTS) is 1. The van der Waals surface area contributed by atoms with Crippen LogP contribution in [0.3, 0.4) is 0 Å². The van der Waals surface area contributed by atoms with E-state index in [0.29, 0.717) is 38.0 Å². The van der Waals surface area contributed by atoms with E-state index < -0.39 is 11.8 Å². The molecule has 1 heterocycles. The number of benzene rings is 1. The molecule has 1 saturated heterocycles. The Balaban J connectivity index is 1.86. The van der Waals surface area contributed by atoms with Crippen molar-refractivity contribution >= 4 is 17.8 Å². The van der Waals surface area contributed by atoms with Gasteiger partial charge in [0.05, 0.1) is 5.92 Å². The maximum Gasteiger partial charge on any atom is 0.303 e. The summed E-state index contributed by atoms with van der Waals surface area (Å²) in [6, 6.07) is 5.36. The number of nitrogens with one attached hydrogen (secondary N) is 1. The van der Waals surface area contributed by atoms with Crippen molar-refractivity contribution in [1.29, 1.82) is 0 Å². The average molecular weight is 336 g/mol. The summed E-state index contributed by atoms with van der Waals surface area (Å²) in [5.41, 5.74) is 0.402. The molecule has 2 rings (SSSR count). The van der Waals surface area contributed by atoms with Crippen molar-refractivity contribution in [2.24, 2.45) is 5.92 Å². The van der Waals surface area contributed by atoms with Crippen LogP contribution in [0.5, 0.6) is 0 Å². The van der Waals surface area contributed by atoms with Crippen molar-refractivity contribution in [2.75, 3.05) is 19.6 Å². The summed E-state index contributed by atoms with van der Waals surface area (Å²) in [6.45, 7) is 1.20. The molecule has 0 saturated carbocycles. The van der Waals surface area contributed by atoms with Crippen LogP contribution in [0.4, 0.5) is 4.39 Å². The van der Waals surface area contributed by atoms with Crippen LogP contribution in [0.2, 0.25) is 0 Å². The van der Waals surface area contributed by atoms with Crippen LogP contribution >= 0.6 is 0 Å². The van der Waals surface area contributed by atoms with E-state index in [4.69, 9.17) is 5.11 Å². The van der Waals surface area contributed by atoms with Crippen molar-refractivity contribution in [3.63, 3.8) is 0 Å². The molecule has 1 atom stereocenters. The standard InChI is InChI=1S/C17H21FN2O4/c18-14-7-5-12(6-8-14)17(24)20-10-2-3-13(11-20)16(23)19-9-1-4-15(21)22/h5-8,13H,1-4,9-11H2,(H,19,23)(H,21,22). The number of rotatable bonds is 6. The molecule has 0 spiro atoms. The lowest BCUT2D eigenvalue weighted by Crippen LogP contribution is -2.45. The van der Waals surface area contributed by atoms with Crippen molar-refractivity contribution in [2.45, 2.75) is 25.7 Å². The van der Waals surface area contributed by atoms with Crippen LogP contribution < -0.4 is 5.32 Å². The first-order chi connectivity index (χ1) is 11.5. The number of carbonyl (C=O) groups excluding carboxylic acids is 2. The quantitative estimate of drug-likeness (QED) is 0.774.